The Bertz CT molecular complexity index is 486. The van der Waals surface area contributed by atoms with Gasteiger partial charge in [0.25, 0.3) is 0 Å². The van der Waals surface area contributed by atoms with Crippen LogP contribution in [0.25, 0.3) is 0 Å². The van der Waals surface area contributed by atoms with Crippen LogP contribution in [0.5, 0.6) is 0 Å². The zero-order chi connectivity index (χ0) is 20.1. The molecule has 0 aromatic carbocycles. The van der Waals surface area contributed by atoms with E-state index in [1.54, 1.807) is 0 Å². The molecule has 150 valence electrons. The van der Waals surface area contributed by atoms with E-state index in [1.807, 2.05) is 41.5 Å². The van der Waals surface area contributed by atoms with Crippen molar-refractivity contribution in [1.29, 1.82) is 0 Å². The summed E-state index contributed by atoms with van der Waals surface area (Å²) in [6, 6.07) is 0. The van der Waals surface area contributed by atoms with E-state index in [-0.39, 0.29) is 37.3 Å². The fourth-order valence-electron chi connectivity index (χ4n) is 3.50. The third kappa shape index (κ3) is 7.75. The van der Waals surface area contributed by atoms with Gasteiger partial charge in [0, 0.05) is 21.8 Å². The number of hydrogen-bond acceptors (Lipinski definition) is 5. The van der Waals surface area contributed by atoms with Crippen molar-refractivity contribution in [1.82, 2.24) is 0 Å². The van der Waals surface area contributed by atoms with Gasteiger partial charge in [-0.2, -0.15) is 0 Å². The summed E-state index contributed by atoms with van der Waals surface area (Å²) in [6.45, 7) is 14.1. The maximum Gasteiger partial charge on any atom is 0.201 e. The largest absolute Gasteiger partial charge is 0.299 e. The lowest BCUT2D eigenvalue weighted by molar-refractivity contribution is -0.127. The molecule has 1 aliphatic carbocycles. The first kappa shape index (κ1) is 23.7. The molecule has 0 N–H and O–H groups in total. The van der Waals surface area contributed by atoms with Crippen LogP contribution < -0.4 is 0 Å². The Morgan fingerprint density at radius 2 is 1.50 bits per heavy atom. The van der Waals surface area contributed by atoms with Gasteiger partial charge in [0.1, 0.15) is 11.7 Å². The van der Waals surface area contributed by atoms with Crippen molar-refractivity contribution in [2.45, 2.75) is 96.5 Å². The second kappa shape index (κ2) is 9.77. The zero-order valence-electron chi connectivity index (χ0n) is 17.5. The lowest BCUT2D eigenvalue weighted by atomic mass is 9.82. The summed E-state index contributed by atoms with van der Waals surface area (Å²) in [7, 11) is 0. The Hall–Kier alpha value is -0.290. The van der Waals surface area contributed by atoms with Crippen LogP contribution in [0.15, 0.2) is 0 Å². The van der Waals surface area contributed by atoms with Crippen LogP contribution in [0.2, 0.25) is 0 Å². The lowest BCUT2D eigenvalue weighted by Crippen LogP contribution is -2.35. The highest BCUT2D eigenvalue weighted by atomic mass is 32.2. The van der Waals surface area contributed by atoms with Gasteiger partial charge in [-0.3, -0.25) is 14.4 Å². The van der Waals surface area contributed by atoms with Crippen molar-refractivity contribution in [3.63, 3.8) is 0 Å². The van der Waals surface area contributed by atoms with Gasteiger partial charge in [0.05, 0.1) is 0 Å². The van der Waals surface area contributed by atoms with Crippen molar-refractivity contribution >= 4 is 39.5 Å². The molecule has 0 bridgehead atoms. The first-order valence-electron chi connectivity index (χ1n) is 9.84. The molecule has 0 heterocycles. The van der Waals surface area contributed by atoms with Gasteiger partial charge in [-0.25, -0.2) is 0 Å². The molecular weight excluding hydrogens is 364 g/mol. The predicted octanol–water partition coefficient (Wildman–Crippen LogP) is 5.89. The molecule has 0 unspecified atom stereocenters. The van der Waals surface area contributed by atoms with E-state index in [0.29, 0.717) is 12.8 Å². The molecular formula is C21H36O3S2. The van der Waals surface area contributed by atoms with Gasteiger partial charge in [-0.05, 0) is 18.8 Å². The zero-order valence-corrected chi connectivity index (χ0v) is 19.1. The third-order valence-electron chi connectivity index (χ3n) is 4.52. The molecule has 1 aliphatic rings. The van der Waals surface area contributed by atoms with Crippen LogP contribution in [0.4, 0.5) is 0 Å². The number of hydrogen-bond donors (Lipinski definition) is 0. The van der Waals surface area contributed by atoms with Crippen molar-refractivity contribution in [2.24, 2.45) is 17.8 Å². The molecule has 0 aromatic rings. The number of rotatable bonds is 7. The molecule has 1 saturated carbocycles. The second-order valence-electron chi connectivity index (χ2n) is 9.32. The summed E-state index contributed by atoms with van der Waals surface area (Å²) in [5, 5.41) is -0.112. The van der Waals surface area contributed by atoms with E-state index in [0.717, 1.165) is 25.7 Å². The van der Waals surface area contributed by atoms with Crippen molar-refractivity contribution in [3.8, 4) is 0 Å². The molecule has 3 nitrogen and oxygen atoms in total. The highest BCUT2D eigenvalue weighted by molar-refractivity contribution is 8.16. The van der Waals surface area contributed by atoms with E-state index in [4.69, 9.17) is 0 Å². The maximum atomic E-state index is 13.1. The molecule has 0 radical (unpaired) electrons. The molecule has 26 heavy (non-hydrogen) atoms. The van der Waals surface area contributed by atoms with E-state index in [1.165, 1.54) is 23.5 Å². The van der Waals surface area contributed by atoms with Crippen molar-refractivity contribution < 1.29 is 14.4 Å². The summed E-state index contributed by atoms with van der Waals surface area (Å²) in [5.74, 6) is -0.663. The average molecular weight is 401 g/mol. The Labute approximate surface area is 168 Å². The molecule has 1 fully saturated rings. The Kier molecular flexibility index (Phi) is 8.92. The van der Waals surface area contributed by atoms with Gasteiger partial charge in [0.2, 0.25) is 10.2 Å². The topological polar surface area (TPSA) is 51.2 Å². The number of carbonyl (C=O) groups is 3. The number of thioether (sulfide) groups is 2. The summed E-state index contributed by atoms with van der Waals surface area (Å²) in [5.41, 5.74) is 0. The fourth-order valence-corrected chi connectivity index (χ4v) is 5.60. The summed E-state index contributed by atoms with van der Waals surface area (Å²) >= 11 is 2.51. The normalized spacial score (nSPS) is 21.5. The number of Topliss-reactive ketones (excluding diaryl/α,β-unsaturated/α-hetero) is 1. The number of ketones is 1. The number of carbonyl (C=O) groups excluding carboxylic acids is 3. The Morgan fingerprint density at radius 3 is 1.92 bits per heavy atom. The average Bonchev–Trinajstić information content (AvgIpc) is 2.77. The van der Waals surface area contributed by atoms with E-state index in [9.17, 15) is 14.4 Å². The Balaban J connectivity index is 3.06. The standard InChI is InChI=1S/C21H36O3S2/c1-8-9-10-11-14-15(12-13-16(14)22)17(18(23)25-20(2,3)4)19(24)26-21(5,6)7/h14-15,17H,8-13H2,1-7H3/t14-,15+/m0/s1. The van der Waals surface area contributed by atoms with Crippen LogP contribution in [0.3, 0.4) is 0 Å². The first-order valence-corrected chi connectivity index (χ1v) is 11.5. The minimum Gasteiger partial charge on any atom is -0.299 e. The molecule has 1 rings (SSSR count). The lowest BCUT2D eigenvalue weighted by Gasteiger charge is -2.29. The molecule has 0 amide bonds. The molecule has 2 atom stereocenters. The summed E-state index contributed by atoms with van der Waals surface area (Å²) in [6.07, 6.45) is 5.20. The Morgan fingerprint density at radius 1 is 1.00 bits per heavy atom. The summed E-state index contributed by atoms with van der Waals surface area (Å²) in [4.78, 5) is 38.6. The van der Waals surface area contributed by atoms with Gasteiger partial charge in [0.15, 0.2) is 0 Å². The van der Waals surface area contributed by atoms with E-state index in [2.05, 4.69) is 6.92 Å². The number of unbranched alkanes of at least 4 members (excludes halogenated alkanes) is 2. The van der Waals surface area contributed by atoms with Gasteiger partial charge < -0.3 is 0 Å². The van der Waals surface area contributed by atoms with E-state index >= 15 is 0 Å². The van der Waals surface area contributed by atoms with Crippen LogP contribution in [0.1, 0.15) is 87.0 Å². The molecule has 0 saturated heterocycles. The predicted molar refractivity (Wildman–Crippen MR) is 114 cm³/mol. The van der Waals surface area contributed by atoms with Crippen LogP contribution in [-0.2, 0) is 14.4 Å². The van der Waals surface area contributed by atoms with Crippen LogP contribution in [-0.4, -0.2) is 25.5 Å². The SMILES string of the molecule is CCCCC[C@@H]1C(=O)CC[C@H]1C(C(=O)SC(C)(C)C)C(=O)SC(C)(C)C. The monoisotopic (exact) mass is 400 g/mol. The van der Waals surface area contributed by atoms with Crippen LogP contribution >= 0.6 is 23.5 Å². The molecule has 0 aliphatic heterocycles. The summed E-state index contributed by atoms with van der Waals surface area (Å²) < 4.78 is -0.468. The minimum atomic E-state index is -0.665. The van der Waals surface area contributed by atoms with Crippen molar-refractivity contribution in [3.05, 3.63) is 0 Å². The van der Waals surface area contributed by atoms with Crippen molar-refractivity contribution in [2.75, 3.05) is 0 Å². The maximum absolute atomic E-state index is 13.1. The van der Waals surface area contributed by atoms with E-state index < -0.39 is 5.92 Å². The first-order chi connectivity index (χ1) is 11.9. The van der Waals surface area contributed by atoms with Gasteiger partial charge in [-0.15, -0.1) is 0 Å². The highest BCUT2D eigenvalue weighted by Crippen LogP contribution is 2.44. The van der Waals surface area contributed by atoms with Gasteiger partial charge >= 0.3 is 0 Å². The third-order valence-corrected chi connectivity index (χ3v) is 6.66. The second-order valence-corrected chi connectivity index (χ2v) is 13.0. The molecule has 0 spiro atoms. The van der Waals surface area contributed by atoms with Crippen LogP contribution in [0, 0.1) is 17.8 Å². The molecule has 5 heteroatoms. The quantitative estimate of drug-likeness (QED) is 0.393. The fraction of sp³-hybridized carbons (Fsp3) is 0.857. The minimum absolute atomic E-state index is 0.0561. The smallest absolute Gasteiger partial charge is 0.201 e. The highest BCUT2D eigenvalue weighted by Gasteiger charge is 2.46. The molecule has 0 aromatic heterocycles. The van der Waals surface area contributed by atoms with Gasteiger partial charge in [-0.1, -0.05) is 91.3 Å².